The second-order valence-corrected chi connectivity index (χ2v) is 16.8. The second-order valence-electron chi connectivity index (χ2n) is 15.7. The van der Waals surface area contributed by atoms with Crippen LogP contribution in [0.2, 0.25) is 0 Å². The second kappa shape index (κ2) is 20.3. The van der Waals surface area contributed by atoms with E-state index in [1.165, 1.54) is 109 Å². The molecule has 0 aliphatic rings. The summed E-state index contributed by atoms with van der Waals surface area (Å²) in [5.41, 5.74) is 10.2. The molecule has 0 unspecified atom stereocenters. The fourth-order valence-corrected chi connectivity index (χ4v) is 10.1. The molecule has 0 aliphatic heterocycles. The molecule has 0 atom stereocenters. The predicted molar refractivity (Wildman–Crippen MR) is 292 cm³/mol. The first kappa shape index (κ1) is 42.8. The smallest absolute Gasteiger partial charge is 0.00206 e. The number of thiol groups is 1. The summed E-state index contributed by atoms with van der Waals surface area (Å²) in [5.74, 6) is 0. The maximum absolute atomic E-state index is 9.96. The Balaban J connectivity index is 0.000000151. The van der Waals surface area contributed by atoms with Crippen LogP contribution in [0.1, 0.15) is 1.37 Å². The topological polar surface area (TPSA) is 12.4 Å². The average molecular weight is 933 g/mol. The molecule has 0 saturated heterocycles. The zero-order valence-corrected chi connectivity index (χ0v) is 38.4. The van der Waals surface area contributed by atoms with E-state index in [4.69, 9.17) is 1.37 Å². The first-order valence-corrected chi connectivity index (χ1v) is 22.8. The fraction of sp³-hybridized carbons (Fsp3) is 0.0164. The molecule has 0 spiro atoms. The minimum absolute atomic E-state index is 1.00. The Bertz CT molecular complexity index is 3590. The summed E-state index contributed by atoms with van der Waals surface area (Å²) >= 11 is 7.07. The number of fused-ring (bicyclic) bond motifs is 6. The van der Waals surface area contributed by atoms with Crippen LogP contribution in [-0.4, -0.2) is 14.8 Å². The standard InChI is InChI=1S/C30H19Br.C30H20.CH3F.BHNS/c31-30-27-16-8-6-14-24(27)29(25-15-7-9-17-28(25)30)26-19-18-21(20-10-2-1-3-11-20)22-12-4-5-13-23(22)26;1-2-10-21(11-3-1)24-18-19-29(28-17-9-8-16-27(24)28)30-25-14-6-4-12-22(25)20-23-13-5-7-15-26(23)30;1-2;1-2-3/h1-19H;1-20H;1H3;3H/i;;1D;. The van der Waals surface area contributed by atoms with Gasteiger partial charge in [-0.1, -0.05) is 231 Å². The van der Waals surface area contributed by atoms with Gasteiger partial charge in [0, 0.05) is 4.47 Å². The van der Waals surface area contributed by atoms with E-state index in [0.29, 0.717) is 0 Å². The molecule has 66 heavy (non-hydrogen) atoms. The first-order chi connectivity index (χ1) is 33.1. The van der Waals surface area contributed by atoms with E-state index >= 15 is 0 Å². The molecule has 0 N–H and O–H groups in total. The van der Waals surface area contributed by atoms with E-state index in [0.717, 1.165) is 4.47 Å². The van der Waals surface area contributed by atoms with Crippen molar-refractivity contribution in [1.29, 1.82) is 0 Å². The Morgan fingerprint density at radius 2 is 0.636 bits per heavy atom. The molecule has 0 aliphatic carbocycles. The number of hydrogen-bond donors (Lipinski definition) is 1. The van der Waals surface area contributed by atoms with Gasteiger partial charge in [-0.3, -0.25) is 4.39 Å². The van der Waals surface area contributed by atoms with E-state index in [1.54, 1.807) is 0 Å². The van der Waals surface area contributed by atoms with Crippen LogP contribution in [0.4, 0.5) is 4.39 Å². The van der Waals surface area contributed by atoms with Gasteiger partial charge in [0.1, 0.15) is 0 Å². The van der Waals surface area contributed by atoms with Crippen LogP contribution in [0.5, 0.6) is 0 Å². The van der Waals surface area contributed by atoms with Gasteiger partial charge in [-0.2, -0.15) is 0 Å². The number of hydrogen-bond acceptors (Lipinski definition) is 2. The van der Waals surface area contributed by atoms with Gasteiger partial charge in [0.2, 0.25) is 0 Å². The first-order valence-electron chi connectivity index (χ1n) is 22.3. The maximum atomic E-state index is 9.96. The van der Waals surface area contributed by atoms with Gasteiger partial charge in [0.05, 0.1) is 8.52 Å². The fourth-order valence-electron chi connectivity index (χ4n) is 9.44. The van der Waals surface area contributed by atoms with E-state index in [-0.39, 0.29) is 0 Å². The van der Waals surface area contributed by atoms with Gasteiger partial charge >= 0.3 is 24.8 Å². The van der Waals surface area contributed by atoms with Crippen LogP contribution in [0.3, 0.4) is 0 Å². The minimum Gasteiger partial charge on any atom is -0.0622 e. The molecular formula is C61H43BBrFNS. The van der Waals surface area contributed by atoms with Gasteiger partial charge in [-0.15, -0.1) is 0 Å². The Morgan fingerprint density at radius 3 is 1.02 bits per heavy atom. The summed E-state index contributed by atoms with van der Waals surface area (Å²) in [4.78, 5) is 0. The molecule has 0 amide bonds. The molecule has 0 bridgehead atoms. The number of halogens is 2. The van der Waals surface area contributed by atoms with Crippen molar-refractivity contribution >= 4 is 101 Å². The van der Waals surface area contributed by atoms with Crippen molar-refractivity contribution in [2.24, 2.45) is 4.30 Å². The quantitative estimate of drug-likeness (QED) is 0.103. The molecule has 1 nitrogen and oxygen atoms in total. The normalized spacial score (nSPS) is 11.0. The third-order valence-electron chi connectivity index (χ3n) is 12.2. The molecular weight excluding hydrogens is 888 g/mol. The molecule has 0 saturated carbocycles. The molecule has 0 heterocycles. The molecule has 1 radical (unpaired) electrons. The number of alkyl halides is 1. The predicted octanol–water partition coefficient (Wildman–Crippen LogP) is 18.5. The van der Waals surface area contributed by atoms with Crippen LogP contribution in [0.25, 0.3) is 109 Å². The summed E-state index contributed by atoms with van der Waals surface area (Å²) in [5, 5.41) is 15.3. The van der Waals surface area contributed by atoms with Crippen molar-refractivity contribution in [2.45, 2.75) is 0 Å². The van der Waals surface area contributed by atoms with Gasteiger partial charge < -0.3 is 0 Å². The SMILES string of the molecule is Brc1c2ccccc2c(-c2ccc(-c3ccccc3)c3ccccc23)c2ccccc12.[2H]CF.[B]=NS.c1ccc(-c2ccc(-c3c4ccccc4cc4ccccc34)c3ccccc23)cc1. The van der Waals surface area contributed by atoms with Crippen molar-refractivity contribution in [3.63, 3.8) is 0 Å². The average Bonchev–Trinajstić information content (AvgIpc) is 3.39. The van der Waals surface area contributed by atoms with Crippen LogP contribution < -0.4 is 0 Å². The summed E-state index contributed by atoms with van der Waals surface area (Å²) in [6.07, 6.45) is 0. The number of nitrogens with zero attached hydrogens (tertiary/aromatic N) is 1. The van der Waals surface area contributed by atoms with Gasteiger partial charge in [-0.05, 0) is 131 Å². The van der Waals surface area contributed by atoms with E-state index in [9.17, 15) is 4.39 Å². The molecule has 0 aromatic heterocycles. The van der Waals surface area contributed by atoms with Crippen LogP contribution in [-0.2, 0) is 0 Å². The van der Waals surface area contributed by atoms with E-state index < -0.39 is 7.15 Å². The number of benzene rings is 12. The molecule has 5 heteroatoms. The van der Waals surface area contributed by atoms with Crippen LogP contribution in [0, 0.1) is 0 Å². The summed E-state index contributed by atoms with van der Waals surface area (Å²) in [7, 11) is 3.34. The van der Waals surface area contributed by atoms with Crippen molar-refractivity contribution in [3.8, 4) is 44.5 Å². The molecule has 12 rings (SSSR count). The van der Waals surface area contributed by atoms with Crippen molar-refractivity contribution in [3.05, 3.63) is 241 Å². The largest absolute Gasteiger partial charge is 0.0622 e. The van der Waals surface area contributed by atoms with E-state index in [2.05, 4.69) is 277 Å². The molecule has 315 valence electrons. The Kier molecular flexibility index (Phi) is 13.2. The van der Waals surface area contributed by atoms with Crippen molar-refractivity contribution < 1.29 is 5.76 Å². The zero-order valence-electron chi connectivity index (χ0n) is 37.0. The van der Waals surface area contributed by atoms with Gasteiger partial charge in [0.25, 0.3) is 0 Å². The minimum atomic E-state index is -1.00. The summed E-state index contributed by atoms with van der Waals surface area (Å²) in [6, 6.07) is 85.2. The third-order valence-corrected chi connectivity index (χ3v) is 13.0. The van der Waals surface area contributed by atoms with Gasteiger partial charge in [-0.25, -0.2) is 0 Å². The summed E-state index contributed by atoms with van der Waals surface area (Å²) in [6.45, 7) is 0. The Labute approximate surface area is 401 Å². The van der Waals surface area contributed by atoms with E-state index in [1.807, 2.05) is 0 Å². The number of rotatable bonds is 4. The Morgan fingerprint density at radius 1 is 0.379 bits per heavy atom. The maximum Gasteiger partial charge on any atom is -0.00206 e. The van der Waals surface area contributed by atoms with Crippen molar-refractivity contribution in [1.82, 2.24) is 0 Å². The van der Waals surface area contributed by atoms with Crippen LogP contribution in [0.15, 0.2) is 245 Å². The zero-order chi connectivity index (χ0) is 46.1. The molecule has 12 aromatic carbocycles. The molecule has 0 fully saturated rings. The third kappa shape index (κ3) is 8.44. The van der Waals surface area contributed by atoms with Crippen LogP contribution >= 0.6 is 28.7 Å². The van der Waals surface area contributed by atoms with Gasteiger partial charge in [0.15, 0.2) is 0 Å². The van der Waals surface area contributed by atoms with Crippen molar-refractivity contribution in [2.75, 3.05) is 7.15 Å². The summed E-state index contributed by atoms with van der Waals surface area (Å²) < 4.78 is 19.4. The monoisotopic (exact) mass is 931 g/mol. The Hall–Kier alpha value is -7.18. The molecule has 12 aromatic rings.